The first-order chi connectivity index (χ1) is 14.7. The minimum Gasteiger partial charge on any atom is -0.328 e. The highest BCUT2D eigenvalue weighted by Gasteiger charge is 2.30. The molecule has 8 heteroatoms. The quantitative estimate of drug-likeness (QED) is 0.590. The summed E-state index contributed by atoms with van der Waals surface area (Å²) >= 11 is 0. The largest absolute Gasteiger partial charge is 0.328 e. The topological polar surface area (TPSA) is 75.5 Å². The van der Waals surface area contributed by atoms with Crippen molar-refractivity contribution < 1.29 is 13.2 Å². The van der Waals surface area contributed by atoms with Crippen molar-refractivity contribution in [1.29, 1.82) is 0 Å². The number of fused-ring (bicyclic) bond motifs is 2. The maximum atomic E-state index is 13.1. The molecule has 3 aromatic rings. The number of sulfonamides is 1. The second-order valence-corrected chi connectivity index (χ2v) is 10.3. The van der Waals surface area contributed by atoms with E-state index >= 15 is 0 Å². The molecule has 2 aromatic carbocycles. The van der Waals surface area contributed by atoms with Crippen LogP contribution in [-0.2, 0) is 34.2 Å². The highest BCUT2D eigenvalue weighted by Crippen LogP contribution is 2.32. The molecule has 0 saturated heterocycles. The first-order valence-corrected chi connectivity index (χ1v) is 12.0. The van der Waals surface area contributed by atoms with Gasteiger partial charge in [0.1, 0.15) is 5.82 Å². The maximum Gasteiger partial charge on any atom is 0.242 e. The summed E-state index contributed by atoms with van der Waals surface area (Å²) in [6, 6.07) is 13.2. The predicted molar refractivity (Wildman–Crippen MR) is 122 cm³/mol. The predicted octanol–water partition coefficient (Wildman–Crippen LogP) is 3.22. The molecular weight excluding hydrogens is 412 g/mol. The number of amides is 1. The van der Waals surface area contributed by atoms with Crippen molar-refractivity contribution in [2.24, 2.45) is 0 Å². The molecular formula is C23H28N4O3S. The lowest BCUT2D eigenvalue weighted by molar-refractivity contribution is -0.118. The Morgan fingerprint density at radius 2 is 1.94 bits per heavy atom. The number of hydrogen-bond donors (Lipinski definition) is 0. The van der Waals surface area contributed by atoms with E-state index in [2.05, 4.69) is 22.5 Å². The standard InChI is InChI=1S/C23H28N4O3S/c1-5-26-21-11-10-18(31(29,30)25(3)4)15-19(21)24-22(26)12-13-23(28)27-16(2)14-17-8-6-7-9-20(17)27/h6-11,15-16H,5,12-14H2,1-4H3/t16-/m0/s1. The molecule has 1 aliphatic rings. The summed E-state index contributed by atoms with van der Waals surface area (Å²) in [5.41, 5.74) is 3.72. The van der Waals surface area contributed by atoms with Crippen molar-refractivity contribution in [2.75, 3.05) is 19.0 Å². The number of nitrogens with zero attached hydrogens (tertiary/aromatic N) is 4. The Kier molecular flexibility index (Phi) is 5.61. The molecule has 0 radical (unpaired) electrons. The normalized spacial score (nSPS) is 16.3. The van der Waals surface area contributed by atoms with E-state index in [4.69, 9.17) is 0 Å². The number of aromatic nitrogens is 2. The lowest BCUT2D eigenvalue weighted by atomic mass is 10.1. The third kappa shape index (κ3) is 3.74. The van der Waals surface area contributed by atoms with Gasteiger partial charge in [0.25, 0.3) is 0 Å². The van der Waals surface area contributed by atoms with Gasteiger partial charge in [0.15, 0.2) is 0 Å². The Labute approximate surface area is 183 Å². The smallest absolute Gasteiger partial charge is 0.242 e. The van der Waals surface area contributed by atoms with Crippen LogP contribution in [0.4, 0.5) is 5.69 Å². The van der Waals surface area contributed by atoms with E-state index < -0.39 is 10.0 Å². The Morgan fingerprint density at radius 3 is 2.65 bits per heavy atom. The second kappa shape index (κ2) is 8.09. The fourth-order valence-electron chi connectivity index (χ4n) is 4.36. The number of para-hydroxylation sites is 1. The van der Waals surface area contributed by atoms with Gasteiger partial charge >= 0.3 is 0 Å². The summed E-state index contributed by atoms with van der Waals surface area (Å²) in [4.78, 5) is 19.9. The molecule has 1 aliphatic heterocycles. The summed E-state index contributed by atoms with van der Waals surface area (Å²) in [5, 5.41) is 0. The van der Waals surface area contributed by atoms with Gasteiger partial charge < -0.3 is 9.47 Å². The number of aryl methyl sites for hydroxylation is 2. The summed E-state index contributed by atoms with van der Waals surface area (Å²) < 4.78 is 28.2. The van der Waals surface area contributed by atoms with E-state index in [-0.39, 0.29) is 16.8 Å². The molecule has 0 saturated carbocycles. The fourth-order valence-corrected chi connectivity index (χ4v) is 5.28. The minimum absolute atomic E-state index is 0.0861. The van der Waals surface area contributed by atoms with Crippen molar-refractivity contribution in [3.05, 3.63) is 53.9 Å². The molecule has 0 fully saturated rings. The summed E-state index contributed by atoms with van der Waals surface area (Å²) in [5.74, 6) is 0.883. The molecule has 0 spiro atoms. The third-order valence-corrected chi connectivity index (χ3v) is 7.74. The lowest BCUT2D eigenvalue weighted by Crippen LogP contribution is -2.35. The SMILES string of the molecule is CCn1c(CCC(=O)N2c3ccccc3C[C@@H]2C)nc2cc(S(=O)(=O)N(C)C)ccc21. The van der Waals surface area contributed by atoms with Crippen LogP contribution in [0, 0.1) is 0 Å². The van der Waals surface area contributed by atoms with Crippen molar-refractivity contribution >= 4 is 32.7 Å². The van der Waals surface area contributed by atoms with E-state index in [1.54, 1.807) is 18.2 Å². The molecule has 0 aliphatic carbocycles. The molecule has 1 amide bonds. The Balaban J connectivity index is 1.59. The van der Waals surface area contributed by atoms with Gasteiger partial charge in [-0.3, -0.25) is 4.79 Å². The number of rotatable bonds is 6. The van der Waals surface area contributed by atoms with Gasteiger partial charge in [-0.15, -0.1) is 0 Å². The number of carbonyl (C=O) groups excluding carboxylic acids is 1. The Bertz CT molecular complexity index is 1250. The Morgan fingerprint density at radius 1 is 1.19 bits per heavy atom. The first kappa shape index (κ1) is 21.5. The summed E-state index contributed by atoms with van der Waals surface area (Å²) in [7, 11) is -0.502. The average Bonchev–Trinajstić information content (AvgIpc) is 3.27. The molecule has 31 heavy (non-hydrogen) atoms. The van der Waals surface area contributed by atoms with Crippen molar-refractivity contribution in [1.82, 2.24) is 13.9 Å². The van der Waals surface area contributed by atoms with E-state index in [1.807, 2.05) is 30.0 Å². The zero-order chi connectivity index (χ0) is 22.3. The van der Waals surface area contributed by atoms with Gasteiger partial charge in [0.2, 0.25) is 15.9 Å². The molecule has 1 atom stereocenters. The Hall–Kier alpha value is -2.71. The average molecular weight is 441 g/mol. The lowest BCUT2D eigenvalue weighted by Gasteiger charge is -2.22. The van der Waals surface area contributed by atoms with E-state index in [0.717, 1.165) is 23.4 Å². The third-order valence-electron chi connectivity index (χ3n) is 5.93. The molecule has 4 rings (SSSR count). The minimum atomic E-state index is -3.53. The molecule has 1 aromatic heterocycles. The van der Waals surface area contributed by atoms with Crippen molar-refractivity contribution in [3.63, 3.8) is 0 Å². The maximum absolute atomic E-state index is 13.1. The van der Waals surface area contributed by atoms with Gasteiger partial charge in [-0.1, -0.05) is 18.2 Å². The number of imidazole rings is 1. The van der Waals surface area contributed by atoms with E-state index in [1.165, 1.54) is 24.0 Å². The van der Waals surface area contributed by atoms with Crippen LogP contribution in [0.5, 0.6) is 0 Å². The van der Waals surface area contributed by atoms with Crippen molar-refractivity contribution in [3.8, 4) is 0 Å². The van der Waals surface area contributed by atoms with Crippen LogP contribution >= 0.6 is 0 Å². The van der Waals surface area contributed by atoms with Crippen LogP contribution in [0.1, 0.15) is 31.7 Å². The first-order valence-electron chi connectivity index (χ1n) is 10.6. The number of benzene rings is 2. The number of hydrogen-bond acceptors (Lipinski definition) is 4. The van der Waals surface area contributed by atoms with Gasteiger partial charge in [-0.25, -0.2) is 17.7 Å². The van der Waals surface area contributed by atoms with Gasteiger partial charge in [-0.2, -0.15) is 0 Å². The second-order valence-electron chi connectivity index (χ2n) is 8.16. The van der Waals surface area contributed by atoms with Gasteiger partial charge in [0, 0.05) is 45.2 Å². The molecule has 164 valence electrons. The number of carbonyl (C=O) groups is 1. The van der Waals surface area contributed by atoms with Gasteiger partial charge in [0.05, 0.1) is 15.9 Å². The van der Waals surface area contributed by atoms with Gasteiger partial charge in [-0.05, 0) is 50.1 Å². The highest BCUT2D eigenvalue weighted by atomic mass is 32.2. The molecule has 7 nitrogen and oxygen atoms in total. The zero-order valence-corrected chi connectivity index (χ0v) is 19.2. The van der Waals surface area contributed by atoms with Crippen LogP contribution < -0.4 is 4.90 Å². The molecule has 0 bridgehead atoms. The van der Waals surface area contributed by atoms with E-state index in [9.17, 15) is 13.2 Å². The fraction of sp³-hybridized carbons (Fsp3) is 0.391. The van der Waals surface area contributed by atoms with Crippen LogP contribution in [-0.4, -0.2) is 48.3 Å². The number of anilines is 1. The van der Waals surface area contributed by atoms with Crippen molar-refractivity contribution in [2.45, 2.75) is 50.6 Å². The van der Waals surface area contributed by atoms with E-state index in [0.29, 0.717) is 24.9 Å². The van der Waals surface area contributed by atoms with Crippen LogP contribution in [0.25, 0.3) is 11.0 Å². The highest BCUT2D eigenvalue weighted by molar-refractivity contribution is 7.89. The summed E-state index contributed by atoms with van der Waals surface area (Å²) in [6.07, 6.45) is 1.73. The molecule has 0 N–H and O–H groups in total. The zero-order valence-electron chi connectivity index (χ0n) is 18.4. The summed E-state index contributed by atoms with van der Waals surface area (Å²) in [6.45, 7) is 4.80. The van der Waals surface area contributed by atoms with Crippen LogP contribution in [0.2, 0.25) is 0 Å². The monoisotopic (exact) mass is 440 g/mol. The molecule has 0 unspecified atom stereocenters. The molecule has 2 heterocycles. The van der Waals surface area contributed by atoms with Crippen LogP contribution in [0.15, 0.2) is 47.4 Å². The van der Waals surface area contributed by atoms with Crippen LogP contribution in [0.3, 0.4) is 0 Å².